The summed E-state index contributed by atoms with van der Waals surface area (Å²) in [5.41, 5.74) is 0.762. The van der Waals surface area contributed by atoms with Gasteiger partial charge in [0.2, 0.25) is 5.91 Å². The fraction of sp³-hybridized carbons (Fsp3) is 0.630. The number of unbranched alkanes of at least 4 members (excludes halogenated alkanes) is 11. The second kappa shape index (κ2) is 18.3. The number of benzene rings is 1. The smallest absolute Gasteiger partial charge is 0.326 e. The topological polar surface area (TPSA) is 86.6 Å². The van der Waals surface area contributed by atoms with E-state index in [0.717, 1.165) is 24.8 Å². The third kappa shape index (κ3) is 14.7. The number of hydrogen-bond acceptors (Lipinski definition) is 3. The maximum atomic E-state index is 12.1. The molecule has 0 radical (unpaired) electrons. The van der Waals surface area contributed by atoms with Crippen LogP contribution in [0.5, 0.6) is 5.75 Å². The van der Waals surface area contributed by atoms with Crippen molar-refractivity contribution in [1.29, 1.82) is 0 Å². The van der Waals surface area contributed by atoms with Crippen molar-refractivity contribution in [2.45, 2.75) is 109 Å². The second-order valence-electron chi connectivity index (χ2n) is 8.66. The van der Waals surface area contributed by atoms with Crippen LogP contribution in [0.4, 0.5) is 0 Å². The van der Waals surface area contributed by atoms with Crippen molar-refractivity contribution in [2.24, 2.45) is 0 Å². The number of carbonyl (C=O) groups excluding carboxylic acids is 1. The van der Waals surface area contributed by atoms with Crippen LogP contribution < -0.4 is 5.32 Å². The third-order valence-corrected chi connectivity index (χ3v) is 5.68. The number of hydrogen-bond donors (Lipinski definition) is 3. The van der Waals surface area contributed by atoms with E-state index in [1.54, 1.807) is 12.1 Å². The summed E-state index contributed by atoms with van der Waals surface area (Å²) >= 11 is 0. The molecule has 0 saturated carbocycles. The van der Waals surface area contributed by atoms with E-state index in [1.807, 2.05) is 0 Å². The van der Waals surface area contributed by atoms with Gasteiger partial charge in [-0.05, 0) is 49.8 Å². The van der Waals surface area contributed by atoms with Gasteiger partial charge < -0.3 is 15.5 Å². The van der Waals surface area contributed by atoms with Gasteiger partial charge in [-0.3, -0.25) is 4.79 Å². The fourth-order valence-electron chi connectivity index (χ4n) is 3.69. The molecule has 1 aromatic rings. The van der Waals surface area contributed by atoms with Gasteiger partial charge in [-0.25, -0.2) is 4.79 Å². The van der Waals surface area contributed by atoms with E-state index in [1.165, 1.54) is 76.3 Å². The first-order valence-corrected chi connectivity index (χ1v) is 12.5. The molecule has 0 aliphatic rings. The van der Waals surface area contributed by atoms with E-state index < -0.39 is 12.0 Å². The standard InChI is InChI=1S/C27H43NO4/c1-2-3-4-5-6-7-8-9-10-11-12-13-14-15-16-17-26(30)28-25(27(31)32)22-23-18-20-24(29)21-19-23/h7-8,18-21,25,29H,2-6,9-17,22H2,1H3,(H,28,30)(H,31,32). The van der Waals surface area contributed by atoms with E-state index in [2.05, 4.69) is 24.4 Å². The second-order valence-corrected chi connectivity index (χ2v) is 8.66. The molecule has 32 heavy (non-hydrogen) atoms. The number of phenols is 1. The SMILES string of the molecule is CCCCCCC=CCCCCCCCCCC(=O)NC(Cc1ccc(O)cc1)C(=O)O. The molecule has 1 atom stereocenters. The van der Waals surface area contributed by atoms with Gasteiger partial charge in [-0.15, -0.1) is 0 Å². The number of nitrogens with one attached hydrogen (secondary N) is 1. The summed E-state index contributed by atoms with van der Waals surface area (Å²) < 4.78 is 0. The molecular weight excluding hydrogens is 402 g/mol. The van der Waals surface area contributed by atoms with Crippen LogP contribution >= 0.6 is 0 Å². The minimum atomic E-state index is -1.04. The normalized spacial score (nSPS) is 12.2. The Morgan fingerprint density at radius 2 is 1.38 bits per heavy atom. The van der Waals surface area contributed by atoms with E-state index in [9.17, 15) is 19.8 Å². The molecule has 0 heterocycles. The Bertz CT molecular complexity index is 654. The highest BCUT2D eigenvalue weighted by molar-refractivity contribution is 5.83. The van der Waals surface area contributed by atoms with Crippen molar-refractivity contribution in [3.05, 3.63) is 42.0 Å². The number of rotatable bonds is 19. The molecule has 5 nitrogen and oxygen atoms in total. The lowest BCUT2D eigenvalue weighted by molar-refractivity contribution is -0.141. The molecule has 0 aliphatic carbocycles. The predicted octanol–water partition coefficient (Wildman–Crippen LogP) is 6.54. The van der Waals surface area contributed by atoms with Crippen LogP contribution in [0.1, 0.15) is 102 Å². The Hall–Kier alpha value is -2.30. The van der Waals surface area contributed by atoms with Crippen LogP contribution in [0, 0.1) is 0 Å². The average Bonchev–Trinajstić information content (AvgIpc) is 2.77. The summed E-state index contributed by atoms with van der Waals surface area (Å²) in [6, 6.07) is 5.42. The number of aromatic hydroxyl groups is 1. The van der Waals surface area contributed by atoms with Crippen LogP contribution in [0.25, 0.3) is 0 Å². The Labute approximate surface area is 194 Å². The zero-order valence-corrected chi connectivity index (χ0v) is 19.9. The molecule has 0 aliphatic heterocycles. The molecular formula is C27H43NO4. The fourth-order valence-corrected chi connectivity index (χ4v) is 3.69. The quantitative estimate of drug-likeness (QED) is 0.167. The lowest BCUT2D eigenvalue weighted by atomic mass is 10.0. The summed E-state index contributed by atoms with van der Waals surface area (Å²) in [5.74, 6) is -1.12. The summed E-state index contributed by atoms with van der Waals surface area (Å²) in [6.45, 7) is 2.24. The lowest BCUT2D eigenvalue weighted by Crippen LogP contribution is -2.42. The van der Waals surface area contributed by atoms with Gasteiger partial charge in [-0.2, -0.15) is 0 Å². The van der Waals surface area contributed by atoms with Crippen molar-refractivity contribution in [3.8, 4) is 5.75 Å². The van der Waals surface area contributed by atoms with Crippen LogP contribution in [-0.4, -0.2) is 28.1 Å². The van der Waals surface area contributed by atoms with Crippen molar-refractivity contribution in [1.82, 2.24) is 5.32 Å². The van der Waals surface area contributed by atoms with E-state index in [-0.39, 0.29) is 18.1 Å². The summed E-state index contributed by atoms with van der Waals surface area (Å²) in [5, 5.41) is 21.3. The number of allylic oxidation sites excluding steroid dienone is 2. The van der Waals surface area contributed by atoms with Crippen LogP contribution in [0.15, 0.2) is 36.4 Å². The maximum Gasteiger partial charge on any atom is 0.326 e. The summed E-state index contributed by atoms with van der Waals surface area (Å²) in [6.07, 6.45) is 20.8. The number of carboxylic acids is 1. The third-order valence-electron chi connectivity index (χ3n) is 5.68. The monoisotopic (exact) mass is 445 g/mol. The molecule has 0 aromatic heterocycles. The number of aliphatic carboxylic acids is 1. The first-order chi connectivity index (χ1) is 15.5. The van der Waals surface area contributed by atoms with Gasteiger partial charge in [0.25, 0.3) is 0 Å². The van der Waals surface area contributed by atoms with Gasteiger partial charge >= 0.3 is 5.97 Å². The predicted molar refractivity (Wildman–Crippen MR) is 131 cm³/mol. The zero-order chi connectivity index (χ0) is 23.4. The molecule has 0 fully saturated rings. The van der Waals surface area contributed by atoms with Crippen LogP contribution in [0.3, 0.4) is 0 Å². The lowest BCUT2D eigenvalue weighted by Gasteiger charge is -2.14. The molecule has 1 aromatic carbocycles. The number of carboxylic acid groups (broad SMARTS) is 1. The van der Waals surface area contributed by atoms with Crippen molar-refractivity contribution in [2.75, 3.05) is 0 Å². The molecule has 1 unspecified atom stereocenters. The van der Waals surface area contributed by atoms with E-state index in [4.69, 9.17) is 0 Å². The molecule has 1 amide bonds. The first-order valence-electron chi connectivity index (χ1n) is 12.5. The Kier molecular flexibility index (Phi) is 15.9. The molecule has 1 rings (SSSR count). The van der Waals surface area contributed by atoms with Gasteiger partial charge in [0, 0.05) is 12.8 Å². The molecule has 0 saturated heterocycles. The van der Waals surface area contributed by atoms with Gasteiger partial charge in [-0.1, -0.05) is 82.6 Å². The van der Waals surface area contributed by atoms with E-state index in [0.29, 0.717) is 6.42 Å². The Morgan fingerprint density at radius 3 is 1.94 bits per heavy atom. The van der Waals surface area contributed by atoms with Crippen LogP contribution in [-0.2, 0) is 16.0 Å². The number of phenolic OH excluding ortho intramolecular Hbond substituents is 1. The molecule has 180 valence electrons. The average molecular weight is 446 g/mol. The summed E-state index contributed by atoms with van der Waals surface area (Å²) in [4.78, 5) is 23.6. The highest BCUT2D eigenvalue weighted by atomic mass is 16.4. The largest absolute Gasteiger partial charge is 0.508 e. The van der Waals surface area contributed by atoms with Gasteiger partial charge in [0.05, 0.1) is 0 Å². The molecule has 3 N–H and O–H groups in total. The Balaban J connectivity index is 2.02. The van der Waals surface area contributed by atoms with Crippen molar-refractivity contribution >= 4 is 11.9 Å². The minimum absolute atomic E-state index is 0.134. The van der Waals surface area contributed by atoms with E-state index >= 15 is 0 Å². The maximum absolute atomic E-state index is 12.1. The molecule has 5 heteroatoms. The Morgan fingerprint density at radius 1 is 0.844 bits per heavy atom. The van der Waals surface area contributed by atoms with Crippen molar-refractivity contribution < 1.29 is 19.8 Å². The molecule has 0 spiro atoms. The molecule has 0 bridgehead atoms. The highest BCUT2D eigenvalue weighted by Crippen LogP contribution is 2.13. The first kappa shape index (κ1) is 27.7. The highest BCUT2D eigenvalue weighted by Gasteiger charge is 2.20. The van der Waals surface area contributed by atoms with Gasteiger partial charge in [0.1, 0.15) is 11.8 Å². The van der Waals surface area contributed by atoms with Gasteiger partial charge in [0.15, 0.2) is 0 Å². The summed E-state index contributed by atoms with van der Waals surface area (Å²) in [7, 11) is 0. The van der Waals surface area contributed by atoms with Crippen LogP contribution in [0.2, 0.25) is 0 Å². The number of carbonyl (C=O) groups is 2. The minimum Gasteiger partial charge on any atom is -0.508 e. The number of amides is 1. The zero-order valence-electron chi connectivity index (χ0n) is 19.9. The van der Waals surface area contributed by atoms with Crippen molar-refractivity contribution in [3.63, 3.8) is 0 Å².